The number of benzene rings is 1. The number of aromatic carboxylic acids is 1. The third kappa shape index (κ3) is 2.82. The quantitative estimate of drug-likeness (QED) is 0.928. The van der Waals surface area contributed by atoms with Crippen molar-refractivity contribution in [3.63, 3.8) is 0 Å². The third-order valence-electron chi connectivity index (χ3n) is 2.83. The minimum absolute atomic E-state index is 0.0405. The lowest BCUT2D eigenvalue weighted by atomic mass is 10.1. The van der Waals surface area contributed by atoms with Crippen molar-refractivity contribution in [3.8, 4) is 5.75 Å². The molecule has 0 aliphatic heterocycles. The van der Waals surface area contributed by atoms with Gasteiger partial charge in [0, 0.05) is 25.2 Å². The Bertz CT molecular complexity index is 651. The zero-order valence-corrected chi connectivity index (χ0v) is 12.0. The highest BCUT2D eigenvalue weighted by atomic mass is 16.5. The van der Waals surface area contributed by atoms with Crippen molar-refractivity contribution in [3.05, 3.63) is 30.0 Å². The summed E-state index contributed by atoms with van der Waals surface area (Å²) in [4.78, 5) is 17.2. The van der Waals surface area contributed by atoms with E-state index in [0.29, 0.717) is 5.52 Å². The van der Waals surface area contributed by atoms with Crippen LogP contribution in [-0.2, 0) is 0 Å². The molecule has 1 N–H and O–H groups in total. The molecule has 0 amide bonds. The molecule has 106 valence electrons. The van der Waals surface area contributed by atoms with Crippen LogP contribution in [0.15, 0.2) is 24.3 Å². The SMILES string of the molecule is CC(C)Oc1ccc2nc(C(=O)O)cc(N(C)C)c2c1. The van der Waals surface area contributed by atoms with E-state index in [0.717, 1.165) is 16.8 Å². The first-order chi connectivity index (χ1) is 9.38. The van der Waals surface area contributed by atoms with Crippen LogP contribution in [-0.4, -0.2) is 36.3 Å². The predicted octanol–water partition coefficient (Wildman–Crippen LogP) is 2.79. The van der Waals surface area contributed by atoms with Crippen molar-refractivity contribution in [1.82, 2.24) is 4.98 Å². The van der Waals surface area contributed by atoms with Crippen molar-refractivity contribution in [2.75, 3.05) is 19.0 Å². The van der Waals surface area contributed by atoms with Gasteiger partial charge in [0.2, 0.25) is 0 Å². The van der Waals surface area contributed by atoms with Gasteiger partial charge in [-0.15, -0.1) is 0 Å². The van der Waals surface area contributed by atoms with E-state index in [-0.39, 0.29) is 11.8 Å². The number of carboxylic acid groups (broad SMARTS) is 1. The Morgan fingerprint density at radius 1 is 1.30 bits per heavy atom. The van der Waals surface area contributed by atoms with Crippen LogP contribution < -0.4 is 9.64 Å². The van der Waals surface area contributed by atoms with Gasteiger partial charge in [0.05, 0.1) is 11.6 Å². The number of ether oxygens (including phenoxy) is 1. The van der Waals surface area contributed by atoms with E-state index in [1.165, 1.54) is 0 Å². The smallest absolute Gasteiger partial charge is 0.354 e. The minimum atomic E-state index is -1.03. The average molecular weight is 274 g/mol. The fraction of sp³-hybridized carbons (Fsp3) is 0.333. The second-order valence-corrected chi connectivity index (χ2v) is 5.07. The van der Waals surface area contributed by atoms with Gasteiger partial charge in [-0.25, -0.2) is 9.78 Å². The third-order valence-corrected chi connectivity index (χ3v) is 2.83. The highest BCUT2D eigenvalue weighted by molar-refractivity contribution is 5.97. The summed E-state index contributed by atoms with van der Waals surface area (Å²) in [5, 5.41) is 9.99. The molecule has 1 heterocycles. The second-order valence-electron chi connectivity index (χ2n) is 5.07. The zero-order chi connectivity index (χ0) is 14.9. The molecule has 2 aromatic rings. The van der Waals surface area contributed by atoms with Crippen molar-refractivity contribution >= 4 is 22.6 Å². The number of carbonyl (C=O) groups is 1. The maximum Gasteiger partial charge on any atom is 0.354 e. The number of carboxylic acids is 1. The second kappa shape index (κ2) is 5.36. The van der Waals surface area contributed by atoms with Crippen molar-refractivity contribution in [1.29, 1.82) is 0 Å². The molecule has 0 spiro atoms. The van der Waals surface area contributed by atoms with Gasteiger partial charge in [-0.3, -0.25) is 0 Å². The summed E-state index contributed by atoms with van der Waals surface area (Å²) in [7, 11) is 3.74. The molecular weight excluding hydrogens is 256 g/mol. The Morgan fingerprint density at radius 2 is 2.00 bits per heavy atom. The van der Waals surface area contributed by atoms with Gasteiger partial charge in [0.25, 0.3) is 0 Å². The summed E-state index contributed by atoms with van der Waals surface area (Å²) in [5.41, 5.74) is 1.49. The molecular formula is C15H18N2O3. The standard InChI is InChI=1S/C15H18N2O3/c1-9(2)20-10-5-6-12-11(7-10)14(17(3)4)8-13(16-12)15(18)19/h5-9H,1-4H3,(H,18,19). The Morgan fingerprint density at radius 3 is 2.55 bits per heavy atom. The first-order valence-electron chi connectivity index (χ1n) is 6.40. The molecule has 0 saturated heterocycles. The van der Waals surface area contributed by atoms with Crippen LogP contribution in [0.25, 0.3) is 10.9 Å². The van der Waals surface area contributed by atoms with Crippen molar-refractivity contribution < 1.29 is 14.6 Å². The Hall–Kier alpha value is -2.30. The lowest BCUT2D eigenvalue weighted by Gasteiger charge is -2.17. The summed E-state index contributed by atoms with van der Waals surface area (Å²) < 4.78 is 5.67. The first-order valence-corrected chi connectivity index (χ1v) is 6.40. The lowest BCUT2D eigenvalue weighted by Crippen LogP contribution is -2.12. The van der Waals surface area contributed by atoms with Gasteiger partial charge in [-0.1, -0.05) is 0 Å². The number of hydrogen-bond acceptors (Lipinski definition) is 4. The molecule has 0 bridgehead atoms. The zero-order valence-electron chi connectivity index (χ0n) is 12.0. The minimum Gasteiger partial charge on any atom is -0.491 e. The first kappa shape index (κ1) is 14.1. The molecule has 5 heteroatoms. The van der Waals surface area contributed by atoms with E-state index in [9.17, 15) is 4.79 Å². The van der Waals surface area contributed by atoms with Crippen LogP contribution in [0.3, 0.4) is 0 Å². The Balaban J connectivity index is 2.64. The van der Waals surface area contributed by atoms with Gasteiger partial charge in [-0.2, -0.15) is 0 Å². The number of rotatable bonds is 4. The molecule has 0 atom stereocenters. The fourth-order valence-corrected chi connectivity index (χ4v) is 2.01. The average Bonchev–Trinajstić information content (AvgIpc) is 2.36. The van der Waals surface area contributed by atoms with Crippen LogP contribution in [0.4, 0.5) is 5.69 Å². The summed E-state index contributed by atoms with van der Waals surface area (Å²) in [5.74, 6) is -0.280. The van der Waals surface area contributed by atoms with Crippen LogP contribution in [0.1, 0.15) is 24.3 Å². The van der Waals surface area contributed by atoms with Gasteiger partial charge >= 0.3 is 5.97 Å². The molecule has 0 unspecified atom stereocenters. The van der Waals surface area contributed by atoms with E-state index in [1.54, 1.807) is 18.2 Å². The number of anilines is 1. The van der Waals surface area contributed by atoms with Gasteiger partial charge in [0.1, 0.15) is 5.75 Å². The number of nitrogens with zero attached hydrogens (tertiary/aromatic N) is 2. The number of aromatic nitrogens is 1. The number of pyridine rings is 1. The fourth-order valence-electron chi connectivity index (χ4n) is 2.01. The molecule has 5 nitrogen and oxygen atoms in total. The van der Waals surface area contributed by atoms with E-state index in [2.05, 4.69) is 4.98 Å². The summed E-state index contributed by atoms with van der Waals surface area (Å²) >= 11 is 0. The largest absolute Gasteiger partial charge is 0.491 e. The highest BCUT2D eigenvalue weighted by Gasteiger charge is 2.13. The number of hydrogen-bond donors (Lipinski definition) is 1. The maximum atomic E-state index is 11.1. The van der Waals surface area contributed by atoms with Gasteiger partial charge in [0.15, 0.2) is 5.69 Å². The van der Waals surface area contributed by atoms with E-state index < -0.39 is 5.97 Å². The van der Waals surface area contributed by atoms with E-state index in [4.69, 9.17) is 9.84 Å². The Labute approximate surface area is 117 Å². The van der Waals surface area contributed by atoms with Crippen LogP contribution in [0.2, 0.25) is 0 Å². The van der Waals surface area contributed by atoms with Crippen LogP contribution in [0.5, 0.6) is 5.75 Å². The molecule has 0 aliphatic carbocycles. The summed E-state index contributed by atoms with van der Waals surface area (Å²) in [6, 6.07) is 7.06. The Kier molecular flexibility index (Phi) is 3.79. The number of fused-ring (bicyclic) bond motifs is 1. The van der Waals surface area contributed by atoms with Gasteiger partial charge < -0.3 is 14.7 Å². The van der Waals surface area contributed by atoms with Gasteiger partial charge in [-0.05, 0) is 38.1 Å². The monoisotopic (exact) mass is 274 g/mol. The molecule has 0 aliphatic rings. The normalized spacial score (nSPS) is 10.8. The van der Waals surface area contributed by atoms with E-state index in [1.807, 2.05) is 38.9 Å². The van der Waals surface area contributed by atoms with Crippen LogP contribution in [0, 0.1) is 0 Å². The molecule has 1 aromatic carbocycles. The summed E-state index contributed by atoms with van der Waals surface area (Å²) in [6.45, 7) is 3.92. The van der Waals surface area contributed by atoms with Crippen LogP contribution >= 0.6 is 0 Å². The molecule has 2 rings (SSSR count). The maximum absolute atomic E-state index is 11.1. The molecule has 0 radical (unpaired) electrons. The highest BCUT2D eigenvalue weighted by Crippen LogP contribution is 2.29. The summed E-state index contributed by atoms with van der Waals surface area (Å²) in [6.07, 6.45) is 0.0847. The molecule has 0 fully saturated rings. The topological polar surface area (TPSA) is 62.7 Å². The molecule has 20 heavy (non-hydrogen) atoms. The lowest BCUT2D eigenvalue weighted by molar-refractivity contribution is 0.0691. The molecule has 1 aromatic heterocycles. The van der Waals surface area contributed by atoms with Crippen molar-refractivity contribution in [2.45, 2.75) is 20.0 Å². The van der Waals surface area contributed by atoms with Crippen molar-refractivity contribution in [2.24, 2.45) is 0 Å². The molecule has 0 saturated carbocycles. The van der Waals surface area contributed by atoms with E-state index >= 15 is 0 Å². The predicted molar refractivity (Wildman–Crippen MR) is 78.8 cm³/mol.